The molecule has 0 bridgehead atoms. The smallest absolute Gasteiger partial charge is 0.488 e. The molecule has 0 spiro atoms. The van der Waals surface area contributed by atoms with Gasteiger partial charge in [-0.2, -0.15) is 0 Å². The Morgan fingerprint density at radius 3 is 3.09 bits per heavy atom. The molecule has 58 valence electrons. The first-order valence-corrected chi connectivity index (χ1v) is 2.71. The van der Waals surface area contributed by atoms with Gasteiger partial charge in [-0.15, -0.1) is 0 Å². The van der Waals surface area contributed by atoms with Gasteiger partial charge < -0.3 is 14.8 Å². The zero-order valence-corrected chi connectivity index (χ0v) is 5.38. The molecule has 0 aliphatic rings. The minimum Gasteiger partial charge on any atom is -0.497 e. The van der Waals surface area contributed by atoms with Crippen LogP contribution in [0, 0.1) is 0 Å². The van der Waals surface area contributed by atoms with E-state index in [0.717, 1.165) is 0 Å². The molecule has 1 aromatic rings. The molecule has 0 heterocycles. The van der Waals surface area contributed by atoms with Crippen LogP contribution >= 0.6 is 0 Å². The third-order valence-electron chi connectivity index (χ3n) is 0.982. The van der Waals surface area contributed by atoms with Crippen LogP contribution in [0.4, 0.5) is 0 Å². The minimum absolute atomic E-state index is 0.671. The van der Waals surface area contributed by atoms with E-state index >= 15 is 0 Å². The van der Waals surface area contributed by atoms with Crippen molar-refractivity contribution in [2.24, 2.45) is 0 Å². The molecule has 1 rings (SSSR count). The maximum Gasteiger partial charge on any atom is 0.488 e. The Morgan fingerprint density at radius 1 is 1.64 bits per heavy atom. The summed E-state index contributed by atoms with van der Waals surface area (Å²) in [6.07, 6.45) is 0. The normalized spacial score (nSPS) is 19.6. The van der Waals surface area contributed by atoms with Crippen molar-refractivity contribution >= 4 is 12.6 Å². The predicted molar refractivity (Wildman–Crippen MR) is 42.8 cm³/mol. The van der Waals surface area contributed by atoms with E-state index in [2.05, 4.69) is 4.74 Å². The number of ether oxygens (including phenoxy) is 1. The highest BCUT2D eigenvalue weighted by Gasteiger charge is 2.10. The number of benzene rings is 1. The second-order valence-corrected chi connectivity index (χ2v) is 1.72. The van der Waals surface area contributed by atoms with Crippen LogP contribution < -0.4 is 10.2 Å². The largest absolute Gasteiger partial charge is 0.497 e. The third-order valence-corrected chi connectivity index (χ3v) is 0.982. The first kappa shape index (κ1) is 2.81. The van der Waals surface area contributed by atoms with Crippen molar-refractivity contribution in [3.63, 3.8) is 0 Å². The van der Waals surface area contributed by atoms with Gasteiger partial charge in [0.05, 0.1) is 16.6 Å². The summed E-state index contributed by atoms with van der Waals surface area (Å²) in [6.45, 7) is 0. The molecule has 0 amide bonds. The molecule has 0 unspecified atom stereocenters. The first-order valence-electron chi connectivity index (χ1n) is 6.21. The quantitative estimate of drug-likeness (QED) is 0.565. The highest BCUT2D eigenvalue weighted by Crippen LogP contribution is 2.05. The predicted octanol–water partition coefficient (Wildman–Crippen LogP) is -0.625. The van der Waals surface area contributed by atoms with Crippen LogP contribution in [0.5, 0.6) is 5.75 Å². The van der Waals surface area contributed by atoms with Gasteiger partial charge in [-0.3, -0.25) is 0 Å². The maximum absolute atomic E-state index is 9.00. The molecule has 0 atom stereocenters. The van der Waals surface area contributed by atoms with Crippen LogP contribution in [0.25, 0.3) is 0 Å². The fraction of sp³-hybridized carbons (Fsp3) is 0.143. The van der Waals surface area contributed by atoms with E-state index in [1.54, 1.807) is 0 Å². The minimum atomic E-state index is -2.95. The monoisotopic (exact) mass is 159 g/mol. The van der Waals surface area contributed by atoms with Crippen LogP contribution in [0.1, 0.15) is 9.60 Å². The molecule has 4 heteroatoms. The summed E-state index contributed by atoms with van der Waals surface area (Å²) < 4.78 is 54.7. The van der Waals surface area contributed by atoms with Crippen molar-refractivity contribution < 1.29 is 24.4 Å². The van der Waals surface area contributed by atoms with Crippen LogP contribution in [0.2, 0.25) is 0 Å². The molecule has 0 aromatic heterocycles. The third kappa shape index (κ3) is 1.96. The van der Waals surface area contributed by atoms with Gasteiger partial charge in [-0.25, -0.2) is 0 Å². The average Bonchev–Trinajstić information content (AvgIpc) is 2.20. The lowest BCUT2D eigenvalue weighted by molar-refractivity contribution is 0.412. The molecule has 0 aliphatic carbocycles. The first-order chi connectivity index (χ1) is 8.06. The van der Waals surface area contributed by atoms with E-state index in [-0.39, 0.29) is 0 Å². The summed E-state index contributed by atoms with van der Waals surface area (Å²) >= 11 is 0. The molecule has 0 fully saturated rings. The summed E-state index contributed by atoms with van der Waals surface area (Å²) in [7, 11) is -5.17. The highest BCUT2D eigenvalue weighted by atomic mass is 16.5. The lowest BCUT2D eigenvalue weighted by atomic mass is 9.80. The summed E-state index contributed by atoms with van der Waals surface area (Å²) in [6, 6.07) is -3.02. The van der Waals surface area contributed by atoms with Crippen LogP contribution in [0.3, 0.4) is 0 Å². The molecule has 1 aromatic carbocycles. The molecular formula is C7H9BO3. The molecular weight excluding hydrogens is 143 g/mol. The average molecular weight is 159 g/mol. The van der Waals surface area contributed by atoms with Gasteiger partial charge in [-0.1, -0.05) is 12.1 Å². The topological polar surface area (TPSA) is 49.7 Å². The van der Waals surface area contributed by atoms with Gasteiger partial charge in [0.25, 0.3) is 0 Å². The van der Waals surface area contributed by atoms with Crippen molar-refractivity contribution in [1.29, 1.82) is 0 Å². The van der Waals surface area contributed by atoms with E-state index < -0.39 is 49.5 Å². The fourth-order valence-corrected chi connectivity index (χ4v) is 0.520. The Labute approximate surface area is 75.2 Å². The number of hydrogen-bond donors (Lipinski definition) is 2. The van der Waals surface area contributed by atoms with Gasteiger partial charge in [0, 0.05) is 0 Å². The molecule has 0 radical (unpaired) electrons. The van der Waals surface area contributed by atoms with Crippen molar-refractivity contribution in [3.8, 4) is 5.75 Å². The SMILES string of the molecule is [2H]c1c([2H])c(OC([2H])([2H])[2H])c([2H])c(B(O)O)c1[2H]. The van der Waals surface area contributed by atoms with Crippen LogP contribution in [-0.4, -0.2) is 24.2 Å². The molecule has 2 N–H and O–H groups in total. The molecule has 3 nitrogen and oxygen atoms in total. The van der Waals surface area contributed by atoms with Crippen molar-refractivity contribution in [2.75, 3.05) is 7.04 Å². The number of methoxy groups -OCH3 is 1. The van der Waals surface area contributed by atoms with Crippen molar-refractivity contribution in [2.45, 2.75) is 0 Å². The van der Waals surface area contributed by atoms with Gasteiger partial charge >= 0.3 is 7.12 Å². The highest BCUT2D eigenvalue weighted by molar-refractivity contribution is 6.58. The van der Waals surface area contributed by atoms with Gasteiger partial charge in [-0.05, 0) is 17.5 Å². The Hall–Kier alpha value is -0.995. The van der Waals surface area contributed by atoms with E-state index in [4.69, 9.17) is 19.6 Å². The lowest BCUT2D eigenvalue weighted by Gasteiger charge is -2.01. The molecule has 0 aliphatic heterocycles. The Kier molecular flexibility index (Phi) is 0.870. The summed E-state index contributed by atoms with van der Waals surface area (Å²) in [4.78, 5) is 0. The van der Waals surface area contributed by atoms with E-state index in [9.17, 15) is 0 Å². The van der Waals surface area contributed by atoms with Crippen LogP contribution in [-0.2, 0) is 0 Å². The number of rotatable bonds is 2. The van der Waals surface area contributed by atoms with Gasteiger partial charge in [0.2, 0.25) is 0 Å². The van der Waals surface area contributed by atoms with Gasteiger partial charge in [0.15, 0.2) is 0 Å². The zero-order valence-electron chi connectivity index (χ0n) is 12.4. The Bertz CT molecular complexity index is 473. The summed E-state index contributed by atoms with van der Waals surface area (Å²) in [5, 5.41) is 18.0. The molecule has 0 saturated heterocycles. The Morgan fingerprint density at radius 2 is 2.45 bits per heavy atom. The standard InChI is InChI=1S/C7H9BO3/c1-11-7-4-2-3-6(5-7)8(9)10/h2-5,9-10H,1H3/i1D3,2D,3D,4D,5D. The summed E-state index contributed by atoms with van der Waals surface area (Å²) in [5.74, 6) is -0.779. The van der Waals surface area contributed by atoms with E-state index in [1.165, 1.54) is 0 Å². The second-order valence-electron chi connectivity index (χ2n) is 1.72. The molecule has 0 saturated carbocycles. The maximum atomic E-state index is 9.00. The number of hydrogen-bond acceptors (Lipinski definition) is 3. The van der Waals surface area contributed by atoms with E-state index in [1.807, 2.05) is 0 Å². The van der Waals surface area contributed by atoms with Gasteiger partial charge in [0.1, 0.15) is 5.75 Å². The Balaban J connectivity index is 3.52. The van der Waals surface area contributed by atoms with Crippen molar-refractivity contribution in [3.05, 3.63) is 24.2 Å². The second kappa shape index (κ2) is 3.41. The lowest BCUT2D eigenvalue weighted by Crippen LogP contribution is -2.29. The van der Waals surface area contributed by atoms with Crippen molar-refractivity contribution in [1.82, 2.24) is 0 Å². The molecule has 11 heavy (non-hydrogen) atoms. The van der Waals surface area contributed by atoms with E-state index in [0.29, 0.717) is 0 Å². The van der Waals surface area contributed by atoms with Crippen LogP contribution in [0.15, 0.2) is 24.2 Å². The summed E-state index contributed by atoms with van der Waals surface area (Å²) in [5.41, 5.74) is -0.671. The zero-order chi connectivity index (χ0) is 14.2. The fourth-order valence-electron chi connectivity index (χ4n) is 0.520.